The summed E-state index contributed by atoms with van der Waals surface area (Å²) in [5.74, 6) is 0.635. The van der Waals surface area contributed by atoms with E-state index < -0.39 is 6.04 Å². The van der Waals surface area contributed by atoms with Crippen molar-refractivity contribution in [3.63, 3.8) is 0 Å². The normalized spacial score (nSPS) is 12.3. The van der Waals surface area contributed by atoms with Gasteiger partial charge < -0.3 is 10.5 Å². The second-order valence-corrected chi connectivity index (χ2v) is 4.70. The van der Waals surface area contributed by atoms with Gasteiger partial charge in [-0.15, -0.1) is 0 Å². The van der Waals surface area contributed by atoms with E-state index in [-0.39, 0.29) is 5.78 Å². The van der Waals surface area contributed by atoms with Crippen LogP contribution in [0.25, 0.3) is 0 Å². The van der Waals surface area contributed by atoms with Gasteiger partial charge in [0.2, 0.25) is 0 Å². The maximum absolute atomic E-state index is 12.3. The number of carbonyl (C=O) groups excluding carboxylic acids is 1. The smallest absolute Gasteiger partial charge is 0.183 e. The molecule has 1 unspecified atom stereocenters. The van der Waals surface area contributed by atoms with Gasteiger partial charge in [0.1, 0.15) is 5.75 Å². The lowest BCUT2D eigenvalue weighted by Gasteiger charge is -2.15. The maximum atomic E-state index is 12.3. The lowest BCUT2D eigenvalue weighted by molar-refractivity contribution is 0.0953. The molecule has 0 fully saturated rings. The molecule has 18 heavy (non-hydrogen) atoms. The third kappa shape index (κ3) is 3.10. The van der Waals surface area contributed by atoms with E-state index in [1.807, 2.05) is 26.0 Å². The Kier molecular flexibility index (Phi) is 5.35. The summed E-state index contributed by atoms with van der Waals surface area (Å²) in [4.78, 5) is 12.3. The molecule has 3 nitrogen and oxygen atoms in total. The molecule has 0 aliphatic rings. The molecule has 0 amide bonds. The van der Waals surface area contributed by atoms with Crippen LogP contribution in [-0.4, -0.2) is 18.9 Å². The summed E-state index contributed by atoms with van der Waals surface area (Å²) in [5, 5.41) is 0. The molecule has 2 N–H and O–H groups in total. The number of ketones is 1. The number of hydrogen-bond donors (Lipinski definition) is 1. The Bertz CT molecular complexity index is 427. The van der Waals surface area contributed by atoms with Crippen molar-refractivity contribution >= 4 is 5.78 Å². The highest BCUT2D eigenvalue weighted by molar-refractivity contribution is 6.02. The number of benzene rings is 1. The number of rotatable bonds is 6. The minimum atomic E-state index is -0.430. The summed E-state index contributed by atoms with van der Waals surface area (Å²) in [6.45, 7) is 6.05. The Morgan fingerprint density at radius 2 is 2.06 bits per heavy atom. The average Bonchev–Trinajstić information content (AvgIpc) is 2.38. The van der Waals surface area contributed by atoms with Gasteiger partial charge in [0, 0.05) is 0 Å². The Morgan fingerprint density at radius 1 is 1.39 bits per heavy atom. The van der Waals surface area contributed by atoms with Crippen molar-refractivity contribution in [2.24, 2.45) is 5.73 Å². The van der Waals surface area contributed by atoms with Crippen LogP contribution in [0.2, 0.25) is 0 Å². The molecule has 1 aromatic carbocycles. The molecular formula is C15H23NO2. The number of methoxy groups -OCH3 is 1. The molecule has 0 spiro atoms. The molecule has 1 aromatic rings. The maximum Gasteiger partial charge on any atom is 0.183 e. The first-order valence-corrected chi connectivity index (χ1v) is 6.46. The Balaban J connectivity index is 3.02. The minimum Gasteiger partial charge on any atom is -0.496 e. The fourth-order valence-corrected chi connectivity index (χ4v) is 2.00. The number of nitrogens with two attached hydrogens (primary N) is 1. The van der Waals surface area contributed by atoms with Gasteiger partial charge in [-0.3, -0.25) is 4.79 Å². The van der Waals surface area contributed by atoms with Gasteiger partial charge in [-0.05, 0) is 37.5 Å². The molecule has 0 bridgehead atoms. The quantitative estimate of drug-likeness (QED) is 0.788. The van der Waals surface area contributed by atoms with Crippen LogP contribution in [0.4, 0.5) is 0 Å². The standard InChI is InChI=1S/C15H23NO2/c1-5-6-7-13(16)14(17)12-9-8-10(2)11(3)15(12)18-4/h8-9,13H,5-7,16H2,1-4H3. The van der Waals surface area contributed by atoms with Crippen LogP contribution >= 0.6 is 0 Å². The van der Waals surface area contributed by atoms with Crippen LogP contribution in [0.5, 0.6) is 5.75 Å². The van der Waals surface area contributed by atoms with Gasteiger partial charge in [0.15, 0.2) is 5.78 Å². The van der Waals surface area contributed by atoms with Crippen molar-refractivity contribution < 1.29 is 9.53 Å². The highest BCUT2D eigenvalue weighted by Gasteiger charge is 2.20. The summed E-state index contributed by atoms with van der Waals surface area (Å²) in [6.07, 6.45) is 2.75. The molecule has 0 aliphatic carbocycles. The monoisotopic (exact) mass is 249 g/mol. The molecule has 0 saturated heterocycles. The summed E-state index contributed by atoms with van der Waals surface area (Å²) < 4.78 is 5.36. The van der Waals surface area contributed by atoms with E-state index in [9.17, 15) is 4.79 Å². The zero-order valence-corrected chi connectivity index (χ0v) is 11.7. The number of hydrogen-bond acceptors (Lipinski definition) is 3. The predicted molar refractivity (Wildman–Crippen MR) is 74.3 cm³/mol. The molecule has 1 rings (SSSR count). The summed E-state index contributed by atoms with van der Waals surface area (Å²) in [5.41, 5.74) is 8.66. The Labute approximate surface area is 109 Å². The molecule has 0 aliphatic heterocycles. The van der Waals surface area contributed by atoms with Gasteiger partial charge in [-0.2, -0.15) is 0 Å². The predicted octanol–water partition coefficient (Wildman–Crippen LogP) is 3.01. The molecule has 0 aromatic heterocycles. The molecule has 0 radical (unpaired) electrons. The number of Topliss-reactive ketones (excluding diaryl/α,β-unsaturated/α-hetero) is 1. The lowest BCUT2D eigenvalue weighted by Crippen LogP contribution is -2.30. The second kappa shape index (κ2) is 6.55. The van der Waals surface area contributed by atoms with Gasteiger partial charge in [-0.25, -0.2) is 0 Å². The van der Waals surface area contributed by atoms with Crippen LogP contribution in [0, 0.1) is 13.8 Å². The highest BCUT2D eigenvalue weighted by atomic mass is 16.5. The summed E-state index contributed by atoms with van der Waals surface area (Å²) in [7, 11) is 1.59. The van der Waals surface area contributed by atoms with E-state index >= 15 is 0 Å². The van der Waals surface area contributed by atoms with E-state index in [0.29, 0.717) is 11.3 Å². The first kappa shape index (κ1) is 14.7. The fraction of sp³-hybridized carbons (Fsp3) is 0.533. The Morgan fingerprint density at radius 3 is 2.61 bits per heavy atom. The third-order valence-corrected chi connectivity index (χ3v) is 3.35. The molecule has 0 saturated carbocycles. The van der Waals surface area contributed by atoms with E-state index in [4.69, 9.17) is 10.5 Å². The fourth-order valence-electron chi connectivity index (χ4n) is 2.00. The van der Waals surface area contributed by atoms with Crippen LogP contribution < -0.4 is 10.5 Å². The molecule has 1 atom stereocenters. The highest BCUT2D eigenvalue weighted by Crippen LogP contribution is 2.27. The number of carbonyl (C=O) groups is 1. The van der Waals surface area contributed by atoms with Gasteiger partial charge in [0.25, 0.3) is 0 Å². The van der Waals surface area contributed by atoms with Crippen molar-refractivity contribution in [3.8, 4) is 5.75 Å². The Hall–Kier alpha value is -1.35. The van der Waals surface area contributed by atoms with E-state index in [1.54, 1.807) is 7.11 Å². The van der Waals surface area contributed by atoms with Gasteiger partial charge in [-0.1, -0.05) is 25.8 Å². The third-order valence-electron chi connectivity index (χ3n) is 3.35. The van der Waals surface area contributed by atoms with Crippen LogP contribution in [-0.2, 0) is 0 Å². The molecular weight excluding hydrogens is 226 g/mol. The van der Waals surface area contributed by atoms with Gasteiger partial charge >= 0.3 is 0 Å². The first-order valence-electron chi connectivity index (χ1n) is 6.46. The van der Waals surface area contributed by atoms with Gasteiger partial charge in [0.05, 0.1) is 18.7 Å². The largest absolute Gasteiger partial charge is 0.496 e. The van der Waals surface area contributed by atoms with Crippen molar-refractivity contribution in [1.82, 2.24) is 0 Å². The summed E-state index contributed by atoms with van der Waals surface area (Å²) >= 11 is 0. The minimum absolute atomic E-state index is 0.0246. The van der Waals surface area contributed by atoms with Crippen molar-refractivity contribution in [2.75, 3.05) is 7.11 Å². The van der Waals surface area contributed by atoms with Crippen molar-refractivity contribution in [1.29, 1.82) is 0 Å². The second-order valence-electron chi connectivity index (χ2n) is 4.70. The SMILES string of the molecule is CCCCC(N)C(=O)c1ccc(C)c(C)c1OC. The van der Waals surface area contributed by atoms with Crippen molar-refractivity contribution in [3.05, 3.63) is 28.8 Å². The average molecular weight is 249 g/mol. The molecule has 0 heterocycles. The number of ether oxygens (including phenoxy) is 1. The lowest BCUT2D eigenvalue weighted by atomic mass is 9.96. The van der Waals surface area contributed by atoms with Crippen LogP contribution in [0.15, 0.2) is 12.1 Å². The van der Waals surface area contributed by atoms with Crippen LogP contribution in [0.3, 0.4) is 0 Å². The van der Waals surface area contributed by atoms with E-state index in [1.165, 1.54) is 0 Å². The number of unbranched alkanes of at least 4 members (excludes halogenated alkanes) is 1. The van der Waals surface area contributed by atoms with Crippen molar-refractivity contribution in [2.45, 2.75) is 46.1 Å². The molecule has 100 valence electrons. The molecule has 3 heteroatoms. The zero-order chi connectivity index (χ0) is 13.7. The first-order chi connectivity index (χ1) is 8.52. The van der Waals surface area contributed by atoms with E-state index in [2.05, 4.69) is 6.92 Å². The number of aryl methyl sites for hydroxylation is 1. The summed E-state index contributed by atoms with van der Waals surface area (Å²) in [6, 6.07) is 3.33. The zero-order valence-electron chi connectivity index (χ0n) is 11.7. The van der Waals surface area contributed by atoms with Crippen LogP contribution in [0.1, 0.15) is 47.7 Å². The topological polar surface area (TPSA) is 52.3 Å². The van der Waals surface area contributed by atoms with E-state index in [0.717, 1.165) is 30.4 Å².